The highest BCUT2D eigenvalue weighted by atomic mass is 32.1. The molecule has 0 spiro atoms. The van der Waals surface area contributed by atoms with Gasteiger partial charge in [0.25, 0.3) is 0 Å². The maximum absolute atomic E-state index is 4.28. The van der Waals surface area contributed by atoms with Crippen molar-refractivity contribution in [3.8, 4) is 0 Å². The highest BCUT2D eigenvalue weighted by Crippen LogP contribution is 2.07. The molecule has 0 aliphatic carbocycles. The van der Waals surface area contributed by atoms with Gasteiger partial charge in [0.15, 0.2) is 5.96 Å². The molecule has 1 aromatic rings. The molecular formula is C13H21N3S. The van der Waals surface area contributed by atoms with E-state index in [1.807, 2.05) is 13.1 Å². The van der Waals surface area contributed by atoms with Gasteiger partial charge in [0, 0.05) is 25.5 Å². The summed E-state index contributed by atoms with van der Waals surface area (Å²) in [5.41, 5.74) is 0. The number of nitrogens with one attached hydrogen (secondary N) is 1. The predicted molar refractivity (Wildman–Crippen MR) is 76.6 cm³/mol. The fraction of sp³-hybridized carbons (Fsp3) is 0.462. The SMILES string of the molecule is C=CCCCN(C)C(=NC)NCc1cccs1. The van der Waals surface area contributed by atoms with Gasteiger partial charge in [0.1, 0.15) is 0 Å². The minimum atomic E-state index is 0.843. The van der Waals surface area contributed by atoms with Crippen LogP contribution in [0.3, 0.4) is 0 Å². The molecule has 1 aromatic heterocycles. The van der Waals surface area contributed by atoms with Crippen molar-refractivity contribution in [3.63, 3.8) is 0 Å². The lowest BCUT2D eigenvalue weighted by Gasteiger charge is -2.21. The summed E-state index contributed by atoms with van der Waals surface area (Å²) >= 11 is 1.76. The number of rotatable bonds is 6. The number of guanidine groups is 1. The van der Waals surface area contributed by atoms with E-state index in [-0.39, 0.29) is 0 Å². The Morgan fingerprint density at radius 3 is 3.06 bits per heavy atom. The van der Waals surface area contributed by atoms with E-state index in [2.05, 4.69) is 46.3 Å². The Hall–Kier alpha value is -1.29. The lowest BCUT2D eigenvalue weighted by atomic mass is 10.3. The van der Waals surface area contributed by atoms with Gasteiger partial charge in [-0.3, -0.25) is 4.99 Å². The van der Waals surface area contributed by atoms with Crippen LogP contribution in [0.15, 0.2) is 35.2 Å². The van der Waals surface area contributed by atoms with Gasteiger partial charge in [-0.05, 0) is 24.3 Å². The summed E-state index contributed by atoms with van der Waals surface area (Å²) in [5, 5.41) is 5.45. The molecule has 0 amide bonds. The van der Waals surface area contributed by atoms with Gasteiger partial charge in [0.05, 0.1) is 6.54 Å². The molecule has 3 nitrogen and oxygen atoms in total. The van der Waals surface area contributed by atoms with Gasteiger partial charge in [-0.1, -0.05) is 12.1 Å². The molecule has 0 saturated heterocycles. The molecule has 0 saturated carbocycles. The van der Waals surface area contributed by atoms with Crippen LogP contribution in [0.2, 0.25) is 0 Å². The van der Waals surface area contributed by atoms with Crippen LogP contribution in [-0.4, -0.2) is 31.5 Å². The van der Waals surface area contributed by atoms with E-state index in [4.69, 9.17) is 0 Å². The Morgan fingerprint density at radius 2 is 2.47 bits per heavy atom. The highest BCUT2D eigenvalue weighted by Gasteiger charge is 2.04. The van der Waals surface area contributed by atoms with Gasteiger partial charge in [-0.25, -0.2) is 0 Å². The van der Waals surface area contributed by atoms with E-state index in [0.717, 1.165) is 31.9 Å². The summed E-state index contributed by atoms with van der Waals surface area (Å²) in [6.45, 7) is 5.57. The second-order valence-electron chi connectivity index (χ2n) is 3.83. The second-order valence-corrected chi connectivity index (χ2v) is 4.86. The average molecular weight is 251 g/mol. The molecule has 17 heavy (non-hydrogen) atoms. The number of allylic oxidation sites excluding steroid dienone is 1. The maximum Gasteiger partial charge on any atom is 0.193 e. The Balaban J connectivity index is 2.34. The molecule has 1 rings (SSSR count). The van der Waals surface area contributed by atoms with Crippen molar-refractivity contribution in [2.45, 2.75) is 19.4 Å². The van der Waals surface area contributed by atoms with Crippen LogP contribution in [-0.2, 0) is 6.54 Å². The van der Waals surface area contributed by atoms with Crippen molar-refractivity contribution in [2.24, 2.45) is 4.99 Å². The molecule has 4 heteroatoms. The van der Waals surface area contributed by atoms with Gasteiger partial charge >= 0.3 is 0 Å². The first-order chi connectivity index (χ1) is 8.27. The maximum atomic E-state index is 4.28. The van der Waals surface area contributed by atoms with E-state index < -0.39 is 0 Å². The molecule has 1 N–H and O–H groups in total. The summed E-state index contributed by atoms with van der Waals surface area (Å²) in [6, 6.07) is 4.20. The standard InChI is InChI=1S/C13H21N3S/c1-4-5-6-9-16(3)13(14-2)15-11-12-8-7-10-17-12/h4,7-8,10H,1,5-6,9,11H2,2-3H3,(H,14,15). The summed E-state index contributed by atoms with van der Waals surface area (Å²) in [4.78, 5) is 7.75. The third-order valence-corrected chi connectivity index (χ3v) is 3.35. The smallest absolute Gasteiger partial charge is 0.193 e. The first kappa shape index (κ1) is 13.8. The second kappa shape index (κ2) is 7.90. The molecule has 0 aliphatic rings. The van der Waals surface area contributed by atoms with Gasteiger partial charge in [-0.2, -0.15) is 0 Å². The number of hydrogen-bond acceptors (Lipinski definition) is 2. The summed E-state index contributed by atoms with van der Waals surface area (Å²) in [7, 11) is 3.88. The molecular weight excluding hydrogens is 230 g/mol. The minimum absolute atomic E-state index is 0.843. The monoisotopic (exact) mass is 251 g/mol. The van der Waals surface area contributed by atoms with Crippen LogP contribution in [0.1, 0.15) is 17.7 Å². The van der Waals surface area contributed by atoms with Crippen LogP contribution < -0.4 is 5.32 Å². The highest BCUT2D eigenvalue weighted by molar-refractivity contribution is 7.09. The van der Waals surface area contributed by atoms with E-state index in [0.29, 0.717) is 0 Å². The summed E-state index contributed by atoms with van der Waals surface area (Å²) in [5.74, 6) is 0.947. The quantitative estimate of drug-likeness (QED) is 0.364. The van der Waals surface area contributed by atoms with Crippen molar-refractivity contribution in [2.75, 3.05) is 20.6 Å². The molecule has 0 unspecified atom stereocenters. The summed E-state index contributed by atoms with van der Waals surface area (Å²) < 4.78 is 0. The Kier molecular flexibility index (Phi) is 6.40. The largest absolute Gasteiger partial charge is 0.351 e. The number of unbranched alkanes of at least 4 members (excludes halogenated alkanes) is 1. The van der Waals surface area contributed by atoms with Crippen molar-refractivity contribution >= 4 is 17.3 Å². The first-order valence-corrected chi connectivity index (χ1v) is 6.71. The average Bonchev–Trinajstić information content (AvgIpc) is 2.83. The molecule has 1 heterocycles. The van der Waals surface area contributed by atoms with Crippen LogP contribution in [0.25, 0.3) is 0 Å². The third kappa shape index (κ3) is 5.04. The molecule has 0 bridgehead atoms. The first-order valence-electron chi connectivity index (χ1n) is 5.83. The van der Waals surface area contributed by atoms with Crippen LogP contribution in [0, 0.1) is 0 Å². The Labute approximate surface area is 108 Å². The lowest BCUT2D eigenvalue weighted by molar-refractivity contribution is 0.470. The lowest BCUT2D eigenvalue weighted by Crippen LogP contribution is -2.38. The zero-order valence-corrected chi connectivity index (χ0v) is 11.5. The predicted octanol–water partition coefficient (Wildman–Crippen LogP) is 2.72. The van der Waals surface area contributed by atoms with E-state index >= 15 is 0 Å². The van der Waals surface area contributed by atoms with Crippen LogP contribution in [0.5, 0.6) is 0 Å². The molecule has 0 radical (unpaired) electrons. The third-order valence-electron chi connectivity index (χ3n) is 2.48. The van der Waals surface area contributed by atoms with Crippen molar-refractivity contribution in [3.05, 3.63) is 35.0 Å². The van der Waals surface area contributed by atoms with Crippen molar-refractivity contribution in [1.82, 2.24) is 10.2 Å². The van der Waals surface area contributed by atoms with Crippen LogP contribution >= 0.6 is 11.3 Å². The van der Waals surface area contributed by atoms with E-state index in [1.54, 1.807) is 11.3 Å². The van der Waals surface area contributed by atoms with Gasteiger partial charge < -0.3 is 10.2 Å². The fourth-order valence-corrected chi connectivity index (χ4v) is 2.19. The van der Waals surface area contributed by atoms with Crippen LogP contribution in [0.4, 0.5) is 0 Å². The Bertz CT molecular complexity index is 344. The zero-order chi connectivity index (χ0) is 12.5. The molecule has 0 atom stereocenters. The normalized spacial score (nSPS) is 11.3. The van der Waals surface area contributed by atoms with Gasteiger partial charge in [0.2, 0.25) is 0 Å². The van der Waals surface area contributed by atoms with Gasteiger partial charge in [-0.15, -0.1) is 17.9 Å². The zero-order valence-electron chi connectivity index (χ0n) is 10.6. The topological polar surface area (TPSA) is 27.6 Å². The minimum Gasteiger partial charge on any atom is -0.351 e. The number of aliphatic imine (C=N–C) groups is 1. The van der Waals surface area contributed by atoms with E-state index in [1.165, 1.54) is 4.88 Å². The number of thiophene rings is 1. The van der Waals surface area contributed by atoms with Crippen molar-refractivity contribution in [1.29, 1.82) is 0 Å². The fourth-order valence-electron chi connectivity index (χ4n) is 1.54. The summed E-state index contributed by atoms with van der Waals surface area (Å²) in [6.07, 6.45) is 4.11. The Morgan fingerprint density at radius 1 is 1.65 bits per heavy atom. The number of nitrogens with zero attached hydrogens (tertiary/aromatic N) is 2. The molecule has 0 aromatic carbocycles. The van der Waals surface area contributed by atoms with E-state index in [9.17, 15) is 0 Å². The molecule has 0 aliphatic heterocycles. The molecule has 94 valence electrons. The molecule has 0 fully saturated rings. The number of hydrogen-bond donors (Lipinski definition) is 1. The van der Waals surface area contributed by atoms with Crippen molar-refractivity contribution < 1.29 is 0 Å².